The van der Waals surface area contributed by atoms with E-state index in [0.29, 0.717) is 37.3 Å². The zero-order chi connectivity index (χ0) is 19.6. The maximum Gasteiger partial charge on any atom is 0.276 e. The summed E-state index contributed by atoms with van der Waals surface area (Å²) in [5.41, 5.74) is 1.03. The molecule has 0 aliphatic carbocycles. The number of hydrogen-bond acceptors (Lipinski definition) is 5. The van der Waals surface area contributed by atoms with Gasteiger partial charge in [0.15, 0.2) is 5.69 Å². The average molecular weight is 393 g/mol. The summed E-state index contributed by atoms with van der Waals surface area (Å²) in [4.78, 5) is 14.3. The van der Waals surface area contributed by atoms with Crippen molar-refractivity contribution in [3.63, 3.8) is 0 Å². The van der Waals surface area contributed by atoms with Crippen molar-refractivity contribution in [3.8, 4) is 5.75 Å². The number of benzene rings is 1. The van der Waals surface area contributed by atoms with Crippen LogP contribution in [-0.4, -0.2) is 46.4 Å². The number of β-amino-alcohol motifs (C(OH)–C–C–N with tert-alkyl or cyclic N) is 1. The minimum absolute atomic E-state index is 0.107. The number of halogens is 1. The summed E-state index contributed by atoms with van der Waals surface area (Å²) in [5, 5.41) is 15.5. The molecule has 1 saturated heterocycles. The lowest BCUT2D eigenvalue weighted by Gasteiger charge is -2.38. The van der Waals surface area contributed by atoms with Crippen LogP contribution in [0.5, 0.6) is 5.75 Å². The smallest absolute Gasteiger partial charge is 0.276 e. The number of piperidine rings is 1. The number of rotatable bonds is 5. The first-order chi connectivity index (χ1) is 12.8. The standard InChI is InChI=1S/C20H25ClN2O4/c1-4-15-10-17(22-27-15)19(24)23-7-5-6-20(25,11-23)12-26-16-8-13(2)18(21)14(3)9-16/h8-10,25H,4-7,11-12H2,1-3H3. The monoisotopic (exact) mass is 392 g/mol. The van der Waals surface area contributed by atoms with Gasteiger partial charge in [-0.1, -0.05) is 23.7 Å². The molecule has 146 valence electrons. The fourth-order valence-electron chi connectivity index (χ4n) is 3.35. The van der Waals surface area contributed by atoms with Crippen LogP contribution in [0.15, 0.2) is 22.7 Å². The number of aromatic nitrogens is 1. The molecule has 1 fully saturated rings. The van der Waals surface area contributed by atoms with E-state index >= 15 is 0 Å². The molecule has 1 N–H and O–H groups in total. The quantitative estimate of drug-likeness (QED) is 0.842. The van der Waals surface area contributed by atoms with E-state index in [9.17, 15) is 9.90 Å². The Labute approximate surface area is 164 Å². The number of carbonyl (C=O) groups excluding carboxylic acids is 1. The van der Waals surface area contributed by atoms with Crippen molar-refractivity contribution in [3.05, 3.63) is 45.8 Å². The van der Waals surface area contributed by atoms with Gasteiger partial charge in [-0.15, -0.1) is 0 Å². The van der Waals surface area contributed by atoms with Gasteiger partial charge in [0.2, 0.25) is 0 Å². The molecule has 1 aliphatic heterocycles. The third-order valence-corrected chi connectivity index (χ3v) is 5.48. The molecule has 7 heteroatoms. The second kappa shape index (κ2) is 7.90. The van der Waals surface area contributed by atoms with Crippen LogP contribution in [0.25, 0.3) is 0 Å². The number of aryl methyl sites for hydroxylation is 3. The number of nitrogens with zero attached hydrogens (tertiary/aromatic N) is 2. The molecule has 0 saturated carbocycles. The molecule has 1 atom stereocenters. The molecule has 0 bridgehead atoms. The van der Waals surface area contributed by atoms with Crippen LogP contribution in [0.3, 0.4) is 0 Å². The second-order valence-corrected chi connectivity index (χ2v) is 7.62. The van der Waals surface area contributed by atoms with Crippen molar-refractivity contribution in [2.24, 2.45) is 0 Å². The SMILES string of the molecule is CCc1cc(C(=O)N2CCCC(O)(COc3cc(C)c(Cl)c(C)c3)C2)no1. The van der Waals surface area contributed by atoms with Crippen LogP contribution in [0.1, 0.15) is 47.1 Å². The predicted octanol–water partition coefficient (Wildman–Crippen LogP) is 3.55. The molecule has 3 rings (SSSR count). The molecule has 1 aromatic heterocycles. The predicted molar refractivity (Wildman–Crippen MR) is 102 cm³/mol. The van der Waals surface area contributed by atoms with E-state index in [1.165, 1.54) is 0 Å². The highest BCUT2D eigenvalue weighted by Crippen LogP contribution is 2.28. The molecule has 6 nitrogen and oxygen atoms in total. The zero-order valence-electron chi connectivity index (χ0n) is 15.9. The first-order valence-corrected chi connectivity index (χ1v) is 9.56. The van der Waals surface area contributed by atoms with Gasteiger partial charge in [0.25, 0.3) is 5.91 Å². The summed E-state index contributed by atoms with van der Waals surface area (Å²) in [5.74, 6) is 1.10. The summed E-state index contributed by atoms with van der Waals surface area (Å²) in [6.45, 7) is 6.66. The van der Waals surface area contributed by atoms with Crippen molar-refractivity contribution in [1.29, 1.82) is 0 Å². The highest BCUT2D eigenvalue weighted by Gasteiger charge is 2.37. The minimum Gasteiger partial charge on any atom is -0.491 e. The van der Waals surface area contributed by atoms with E-state index < -0.39 is 5.60 Å². The van der Waals surface area contributed by atoms with Crippen LogP contribution < -0.4 is 4.74 Å². The number of likely N-dealkylation sites (tertiary alicyclic amines) is 1. The Morgan fingerprint density at radius 2 is 2.07 bits per heavy atom. The second-order valence-electron chi connectivity index (χ2n) is 7.25. The summed E-state index contributed by atoms with van der Waals surface area (Å²) in [6.07, 6.45) is 1.95. The van der Waals surface area contributed by atoms with Gasteiger partial charge in [-0.2, -0.15) is 0 Å². The van der Waals surface area contributed by atoms with Crippen molar-refractivity contribution in [1.82, 2.24) is 10.1 Å². The van der Waals surface area contributed by atoms with Crippen molar-refractivity contribution >= 4 is 17.5 Å². The van der Waals surface area contributed by atoms with Gasteiger partial charge in [0, 0.05) is 24.1 Å². The average Bonchev–Trinajstić information content (AvgIpc) is 3.13. The molecule has 1 amide bonds. The minimum atomic E-state index is -1.10. The van der Waals surface area contributed by atoms with Gasteiger partial charge in [-0.05, 0) is 49.9 Å². The molecule has 1 aliphatic rings. The highest BCUT2D eigenvalue weighted by molar-refractivity contribution is 6.32. The zero-order valence-corrected chi connectivity index (χ0v) is 16.7. The van der Waals surface area contributed by atoms with Gasteiger partial charge in [0.1, 0.15) is 23.7 Å². The van der Waals surface area contributed by atoms with E-state index in [1.54, 1.807) is 11.0 Å². The lowest BCUT2D eigenvalue weighted by atomic mass is 9.93. The Hall–Kier alpha value is -2.05. The number of carbonyl (C=O) groups is 1. The molecule has 0 radical (unpaired) electrons. The van der Waals surface area contributed by atoms with E-state index in [2.05, 4.69) is 5.16 Å². The Bertz CT molecular complexity index is 812. The normalized spacial score (nSPS) is 20.0. The van der Waals surface area contributed by atoms with Crippen LogP contribution in [0, 0.1) is 13.8 Å². The summed E-state index contributed by atoms with van der Waals surface area (Å²) in [7, 11) is 0. The van der Waals surface area contributed by atoms with Gasteiger partial charge in [-0.3, -0.25) is 4.79 Å². The first-order valence-electron chi connectivity index (χ1n) is 9.18. The Balaban J connectivity index is 1.66. The molecular formula is C20H25ClN2O4. The van der Waals surface area contributed by atoms with Gasteiger partial charge >= 0.3 is 0 Å². The van der Waals surface area contributed by atoms with Crippen molar-refractivity contribution in [2.45, 2.75) is 45.6 Å². The third-order valence-electron chi connectivity index (χ3n) is 4.89. The van der Waals surface area contributed by atoms with Crippen LogP contribution in [0.4, 0.5) is 0 Å². The molecule has 0 spiro atoms. The van der Waals surface area contributed by atoms with E-state index in [1.807, 2.05) is 32.9 Å². The number of ether oxygens (including phenoxy) is 1. The van der Waals surface area contributed by atoms with Crippen LogP contribution in [0.2, 0.25) is 5.02 Å². The lowest BCUT2D eigenvalue weighted by molar-refractivity contribution is -0.0533. The fourth-order valence-corrected chi connectivity index (χ4v) is 3.46. The summed E-state index contributed by atoms with van der Waals surface area (Å²) in [6, 6.07) is 5.37. The number of aliphatic hydroxyl groups is 1. The topological polar surface area (TPSA) is 75.8 Å². The molecule has 27 heavy (non-hydrogen) atoms. The molecule has 2 heterocycles. The van der Waals surface area contributed by atoms with Crippen molar-refractivity contribution < 1.29 is 19.2 Å². The van der Waals surface area contributed by atoms with Crippen LogP contribution in [-0.2, 0) is 6.42 Å². The van der Waals surface area contributed by atoms with Crippen LogP contribution >= 0.6 is 11.6 Å². The lowest BCUT2D eigenvalue weighted by Crippen LogP contribution is -2.53. The van der Waals surface area contributed by atoms with Gasteiger partial charge < -0.3 is 19.3 Å². The Kier molecular flexibility index (Phi) is 5.77. The summed E-state index contributed by atoms with van der Waals surface area (Å²) < 4.78 is 11.0. The number of hydrogen-bond donors (Lipinski definition) is 1. The Morgan fingerprint density at radius 1 is 1.37 bits per heavy atom. The molecule has 1 aromatic carbocycles. The van der Waals surface area contributed by atoms with Gasteiger partial charge in [-0.25, -0.2) is 0 Å². The Morgan fingerprint density at radius 3 is 2.70 bits per heavy atom. The fraction of sp³-hybridized carbons (Fsp3) is 0.500. The molecule has 2 aromatic rings. The third kappa shape index (κ3) is 4.45. The van der Waals surface area contributed by atoms with E-state index in [4.69, 9.17) is 20.9 Å². The first kappa shape index (κ1) is 19.7. The summed E-state index contributed by atoms with van der Waals surface area (Å²) >= 11 is 6.19. The van der Waals surface area contributed by atoms with E-state index in [0.717, 1.165) is 16.1 Å². The largest absolute Gasteiger partial charge is 0.491 e. The van der Waals surface area contributed by atoms with Crippen molar-refractivity contribution in [2.75, 3.05) is 19.7 Å². The van der Waals surface area contributed by atoms with Gasteiger partial charge in [0.05, 0.1) is 6.54 Å². The highest BCUT2D eigenvalue weighted by atomic mass is 35.5. The van der Waals surface area contributed by atoms with E-state index in [-0.39, 0.29) is 24.8 Å². The molecule has 1 unspecified atom stereocenters. The molecular weight excluding hydrogens is 368 g/mol. The maximum absolute atomic E-state index is 12.7. The maximum atomic E-state index is 12.7. The number of amides is 1.